The van der Waals surface area contributed by atoms with Gasteiger partial charge in [-0.3, -0.25) is 9.69 Å². The lowest BCUT2D eigenvalue weighted by Crippen LogP contribution is -2.54. The third kappa shape index (κ3) is 4.60. The quantitative estimate of drug-likeness (QED) is 0.766. The van der Waals surface area contributed by atoms with E-state index in [0.29, 0.717) is 17.7 Å². The molecule has 160 valence electrons. The molecule has 0 unspecified atom stereocenters. The van der Waals surface area contributed by atoms with Gasteiger partial charge in [0.2, 0.25) is 0 Å². The molecule has 2 aromatic rings. The number of carbonyl (C=O) groups is 1. The summed E-state index contributed by atoms with van der Waals surface area (Å²) in [5, 5.41) is 14.3. The maximum Gasteiger partial charge on any atom is 0.251 e. The molecule has 4 rings (SSSR count). The standard InChI is InChI=1S/C24H30N2O4/c1-29-19-12-8-9-17(15-19)24(28)25-20-16-21(30-18-10-4-2-5-11-18)23(27)22(20)26-13-6-3-7-14-26/h2,4-5,8-12,15,20-23,27H,3,6-7,13-14,16H2,1H3,(H,25,28)/t20-,21-,22+,23+/m1/s1. The van der Waals surface area contributed by atoms with Gasteiger partial charge in [0.15, 0.2) is 0 Å². The number of benzene rings is 2. The van der Waals surface area contributed by atoms with E-state index in [1.807, 2.05) is 36.4 Å². The van der Waals surface area contributed by atoms with Gasteiger partial charge in [-0.2, -0.15) is 0 Å². The maximum absolute atomic E-state index is 13.0. The summed E-state index contributed by atoms with van der Waals surface area (Å²) in [6, 6.07) is 16.3. The van der Waals surface area contributed by atoms with Gasteiger partial charge in [0.1, 0.15) is 23.7 Å². The Balaban J connectivity index is 1.52. The molecular formula is C24H30N2O4. The molecule has 30 heavy (non-hydrogen) atoms. The molecule has 1 amide bonds. The molecule has 2 N–H and O–H groups in total. The van der Waals surface area contributed by atoms with Gasteiger partial charge in [0.05, 0.1) is 19.2 Å². The number of ether oxygens (including phenoxy) is 2. The van der Waals surface area contributed by atoms with E-state index >= 15 is 0 Å². The number of para-hydroxylation sites is 1. The third-order valence-corrected chi connectivity index (χ3v) is 6.12. The van der Waals surface area contributed by atoms with E-state index in [2.05, 4.69) is 10.2 Å². The number of piperidine rings is 1. The van der Waals surface area contributed by atoms with Crippen molar-refractivity contribution in [3.05, 3.63) is 60.2 Å². The number of aliphatic hydroxyl groups is 1. The summed E-state index contributed by atoms with van der Waals surface area (Å²) >= 11 is 0. The largest absolute Gasteiger partial charge is 0.497 e. The van der Waals surface area contributed by atoms with Crippen LogP contribution < -0.4 is 14.8 Å². The Morgan fingerprint density at radius 3 is 2.50 bits per heavy atom. The second-order valence-corrected chi connectivity index (χ2v) is 8.09. The van der Waals surface area contributed by atoms with Crippen molar-refractivity contribution in [1.82, 2.24) is 10.2 Å². The fraction of sp³-hybridized carbons (Fsp3) is 0.458. The van der Waals surface area contributed by atoms with Crippen molar-refractivity contribution in [2.45, 2.75) is 50.0 Å². The lowest BCUT2D eigenvalue weighted by molar-refractivity contribution is 0.00146. The number of amides is 1. The lowest BCUT2D eigenvalue weighted by atomic mass is 10.0. The van der Waals surface area contributed by atoms with Gasteiger partial charge in [-0.15, -0.1) is 0 Å². The predicted molar refractivity (Wildman–Crippen MR) is 115 cm³/mol. The topological polar surface area (TPSA) is 71.0 Å². The number of nitrogens with zero attached hydrogens (tertiary/aromatic N) is 1. The van der Waals surface area contributed by atoms with E-state index in [1.54, 1.807) is 25.3 Å². The zero-order valence-corrected chi connectivity index (χ0v) is 17.4. The fourth-order valence-electron chi connectivity index (χ4n) is 4.63. The maximum atomic E-state index is 13.0. The fourth-order valence-corrected chi connectivity index (χ4v) is 4.63. The van der Waals surface area contributed by atoms with Gasteiger partial charge in [0.25, 0.3) is 5.91 Å². The van der Waals surface area contributed by atoms with Crippen LogP contribution in [0.4, 0.5) is 0 Å². The molecule has 6 nitrogen and oxygen atoms in total. The number of aliphatic hydroxyl groups excluding tert-OH is 1. The highest BCUT2D eigenvalue weighted by molar-refractivity contribution is 5.94. The first-order valence-electron chi connectivity index (χ1n) is 10.7. The van der Waals surface area contributed by atoms with Crippen molar-refractivity contribution in [3.8, 4) is 11.5 Å². The van der Waals surface area contributed by atoms with Crippen LogP contribution in [0.15, 0.2) is 54.6 Å². The molecule has 0 bridgehead atoms. The smallest absolute Gasteiger partial charge is 0.251 e. The van der Waals surface area contributed by atoms with Gasteiger partial charge < -0.3 is 19.9 Å². The Morgan fingerprint density at radius 1 is 1.03 bits per heavy atom. The van der Waals surface area contributed by atoms with Crippen LogP contribution in [-0.4, -0.2) is 60.4 Å². The van der Waals surface area contributed by atoms with Crippen LogP contribution >= 0.6 is 0 Å². The van der Waals surface area contributed by atoms with Gasteiger partial charge in [0, 0.05) is 12.0 Å². The SMILES string of the molecule is COc1cccc(C(=O)N[C@@H]2C[C@@H](Oc3ccccc3)[C@H](O)[C@H]2N2CCCCC2)c1. The number of nitrogens with one attached hydrogen (secondary N) is 1. The summed E-state index contributed by atoms with van der Waals surface area (Å²) in [5.41, 5.74) is 0.550. The van der Waals surface area contributed by atoms with Crippen LogP contribution in [0.5, 0.6) is 11.5 Å². The summed E-state index contributed by atoms with van der Waals surface area (Å²) in [6.07, 6.45) is 2.97. The Hall–Kier alpha value is -2.57. The van der Waals surface area contributed by atoms with Crippen LogP contribution in [0.25, 0.3) is 0 Å². The minimum absolute atomic E-state index is 0.159. The van der Waals surface area contributed by atoms with Crippen molar-refractivity contribution in [1.29, 1.82) is 0 Å². The van der Waals surface area contributed by atoms with Crippen molar-refractivity contribution in [2.24, 2.45) is 0 Å². The number of carbonyl (C=O) groups excluding carboxylic acids is 1. The first kappa shape index (κ1) is 20.7. The minimum Gasteiger partial charge on any atom is -0.497 e. The third-order valence-electron chi connectivity index (χ3n) is 6.12. The van der Waals surface area contributed by atoms with Gasteiger partial charge >= 0.3 is 0 Å². The average Bonchev–Trinajstić information content (AvgIpc) is 3.09. The Bertz CT molecular complexity index is 838. The number of rotatable bonds is 6. The minimum atomic E-state index is -0.668. The number of likely N-dealkylation sites (tertiary alicyclic amines) is 1. The summed E-state index contributed by atoms with van der Waals surface area (Å²) < 4.78 is 11.4. The highest BCUT2D eigenvalue weighted by Gasteiger charge is 2.47. The molecule has 2 fully saturated rings. The van der Waals surface area contributed by atoms with E-state index in [0.717, 1.165) is 31.7 Å². The van der Waals surface area contributed by atoms with Gasteiger partial charge in [-0.1, -0.05) is 30.7 Å². The first-order chi connectivity index (χ1) is 14.7. The molecule has 4 atom stereocenters. The van der Waals surface area contributed by atoms with Gasteiger partial charge in [-0.25, -0.2) is 0 Å². The van der Waals surface area contributed by atoms with Crippen LogP contribution in [-0.2, 0) is 0 Å². The van der Waals surface area contributed by atoms with Crippen molar-refractivity contribution in [2.75, 3.05) is 20.2 Å². The van der Waals surface area contributed by atoms with Crippen LogP contribution in [0.3, 0.4) is 0 Å². The number of methoxy groups -OCH3 is 1. The van der Waals surface area contributed by atoms with E-state index in [-0.39, 0.29) is 24.1 Å². The number of hydrogen-bond donors (Lipinski definition) is 2. The van der Waals surface area contributed by atoms with Crippen molar-refractivity contribution >= 4 is 5.91 Å². The monoisotopic (exact) mass is 410 g/mol. The highest BCUT2D eigenvalue weighted by Crippen LogP contribution is 2.31. The summed E-state index contributed by atoms with van der Waals surface area (Å²) in [6.45, 7) is 1.87. The highest BCUT2D eigenvalue weighted by atomic mass is 16.5. The molecule has 0 aromatic heterocycles. The first-order valence-corrected chi connectivity index (χ1v) is 10.7. The average molecular weight is 411 g/mol. The second-order valence-electron chi connectivity index (χ2n) is 8.09. The molecule has 1 saturated carbocycles. The Labute approximate surface area is 177 Å². The van der Waals surface area contributed by atoms with E-state index in [9.17, 15) is 9.90 Å². The predicted octanol–water partition coefficient (Wildman–Crippen LogP) is 2.86. The molecule has 6 heteroatoms. The van der Waals surface area contributed by atoms with E-state index in [1.165, 1.54) is 6.42 Å². The zero-order chi connectivity index (χ0) is 20.9. The van der Waals surface area contributed by atoms with Crippen LogP contribution in [0, 0.1) is 0 Å². The van der Waals surface area contributed by atoms with Crippen LogP contribution in [0.1, 0.15) is 36.0 Å². The molecule has 1 heterocycles. The summed E-state index contributed by atoms with van der Waals surface area (Å²) in [7, 11) is 1.59. The van der Waals surface area contributed by atoms with E-state index in [4.69, 9.17) is 9.47 Å². The zero-order valence-electron chi connectivity index (χ0n) is 17.4. The summed E-state index contributed by atoms with van der Waals surface area (Å²) in [5.74, 6) is 1.22. The Kier molecular flexibility index (Phi) is 6.55. The molecule has 0 spiro atoms. The normalized spacial score (nSPS) is 26.9. The molecule has 0 radical (unpaired) electrons. The van der Waals surface area contributed by atoms with Crippen molar-refractivity contribution in [3.63, 3.8) is 0 Å². The van der Waals surface area contributed by atoms with E-state index < -0.39 is 6.10 Å². The number of hydrogen-bond acceptors (Lipinski definition) is 5. The lowest BCUT2D eigenvalue weighted by Gasteiger charge is -2.37. The molecule has 1 aliphatic heterocycles. The molecule has 2 aliphatic rings. The second kappa shape index (κ2) is 9.49. The Morgan fingerprint density at radius 2 is 1.77 bits per heavy atom. The van der Waals surface area contributed by atoms with Crippen molar-refractivity contribution < 1.29 is 19.4 Å². The molecule has 1 aliphatic carbocycles. The summed E-state index contributed by atoms with van der Waals surface area (Å²) in [4.78, 5) is 15.3. The molecule has 2 aromatic carbocycles. The van der Waals surface area contributed by atoms with Crippen LogP contribution in [0.2, 0.25) is 0 Å². The molecule has 1 saturated heterocycles. The molecular weight excluding hydrogens is 380 g/mol. The van der Waals surface area contributed by atoms with Gasteiger partial charge in [-0.05, 0) is 56.3 Å².